The predicted octanol–water partition coefficient (Wildman–Crippen LogP) is 2.32. The molecule has 0 fully saturated rings. The molecule has 1 heterocycles. The zero-order valence-corrected chi connectivity index (χ0v) is 7.25. The van der Waals surface area contributed by atoms with Gasteiger partial charge in [-0.3, -0.25) is 0 Å². The Morgan fingerprint density at radius 1 is 1.64 bits per heavy atom. The molecule has 0 saturated carbocycles. The van der Waals surface area contributed by atoms with Gasteiger partial charge in [-0.25, -0.2) is 0 Å². The Bertz CT molecular complexity index is 198. The quantitative estimate of drug-likeness (QED) is 0.639. The molecule has 1 rings (SSSR count). The molecule has 0 saturated heterocycles. The van der Waals surface area contributed by atoms with Gasteiger partial charge in [0, 0.05) is 0 Å². The fourth-order valence-electron chi connectivity index (χ4n) is 1.25. The minimum absolute atomic E-state index is 0.612. The molecule has 1 atom stereocenters. The van der Waals surface area contributed by atoms with E-state index >= 15 is 0 Å². The normalized spacial score (nSPS) is 12.5. The Balaban J connectivity index is 2.61. The second-order valence-corrected chi connectivity index (χ2v) is 2.94. The van der Waals surface area contributed by atoms with Crippen molar-refractivity contribution in [1.29, 1.82) is 0 Å². The zero-order valence-electron chi connectivity index (χ0n) is 7.25. The maximum absolute atomic E-state index is 4.30. The van der Waals surface area contributed by atoms with Crippen molar-refractivity contribution in [3.05, 3.63) is 23.8 Å². The first-order chi connectivity index (χ1) is 5.34. The molecule has 11 heavy (non-hydrogen) atoms. The van der Waals surface area contributed by atoms with Gasteiger partial charge in [-0.05, 0) is 0 Å². The van der Waals surface area contributed by atoms with E-state index in [0.717, 1.165) is 0 Å². The van der Waals surface area contributed by atoms with Gasteiger partial charge in [-0.2, -0.15) is 0 Å². The van der Waals surface area contributed by atoms with Crippen LogP contribution in [0.4, 0.5) is 0 Å². The van der Waals surface area contributed by atoms with Crippen molar-refractivity contribution < 1.29 is 0 Å². The van der Waals surface area contributed by atoms with Crippen molar-refractivity contribution in [2.24, 2.45) is 0 Å². The van der Waals surface area contributed by atoms with Crippen LogP contribution in [0.1, 0.15) is 38.3 Å². The topological polar surface area (TPSA) is 12.9 Å². The van der Waals surface area contributed by atoms with Crippen LogP contribution < -0.4 is 0 Å². The minimum atomic E-state index is 0.612. The molecule has 0 aliphatic carbocycles. The fraction of sp³-hybridized carbons (Fsp3) is 0.556. The van der Waals surface area contributed by atoms with Gasteiger partial charge < -0.3 is 0 Å². The number of hydrogen-bond acceptors (Lipinski definition) is 1. The van der Waals surface area contributed by atoms with E-state index in [4.69, 9.17) is 0 Å². The van der Waals surface area contributed by atoms with Crippen molar-refractivity contribution in [1.82, 2.24) is 4.89 Å². The first-order valence-corrected chi connectivity index (χ1v) is 4.25. The number of nitrogens with zero attached hydrogens (tertiary/aromatic N) is 1. The van der Waals surface area contributed by atoms with Crippen LogP contribution in [0, 0.1) is 0 Å². The summed E-state index contributed by atoms with van der Waals surface area (Å²) in [5.41, 5.74) is 1.22. The SMILES string of the molecule is CCCC(C)c1cccbn1. The summed E-state index contributed by atoms with van der Waals surface area (Å²) >= 11 is 0. The molecule has 1 aromatic heterocycles. The molecule has 58 valence electrons. The Kier molecular flexibility index (Phi) is 3.28. The molecular formula is C9H14BN. The molecule has 0 aliphatic heterocycles. The zero-order chi connectivity index (χ0) is 8.10. The van der Waals surface area contributed by atoms with Crippen molar-refractivity contribution in [2.45, 2.75) is 32.6 Å². The summed E-state index contributed by atoms with van der Waals surface area (Å²) in [6.45, 7) is 4.44. The Labute approximate surface area is 69.1 Å². The average Bonchev–Trinajstić information content (AvgIpc) is 2.07. The van der Waals surface area contributed by atoms with Gasteiger partial charge in [0.05, 0.1) is 0 Å². The standard InChI is InChI=1S/C9H14BN/c1-3-5-8(2)9-6-4-7-10-11-9/h4,6-8H,3,5H2,1-2H3. The Morgan fingerprint density at radius 2 is 2.45 bits per heavy atom. The Hall–Kier alpha value is -0.655. The van der Waals surface area contributed by atoms with Crippen LogP contribution in [0.5, 0.6) is 0 Å². The summed E-state index contributed by atoms with van der Waals surface area (Å²) < 4.78 is 0. The van der Waals surface area contributed by atoms with E-state index in [1.165, 1.54) is 18.5 Å². The van der Waals surface area contributed by atoms with Gasteiger partial charge >= 0.3 is 68.3 Å². The van der Waals surface area contributed by atoms with Gasteiger partial charge in [-0.15, -0.1) is 0 Å². The average molecular weight is 147 g/mol. The molecule has 0 bridgehead atoms. The van der Waals surface area contributed by atoms with E-state index in [1.807, 2.05) is 13.0 Å². The van der Waals surface area contributed by atoms with Gasteiger partial charge in [0.15, 0.2) is 0 Å². The molecule has 2 heteroatoms. The van der Waals surface area contributed by atoms with E-state index in [0.29, 0.717) is 5.92 Å². The van der Waals surface area contributed by atoms with Crippen molar-refractivity contribution in [2.75, 3.05) is 0 Å². The number of rotatable bonds is 3. The number of aromatic nitrogens is 1. The van der Waals surface area contributed by atoms with Crippen LogP contribution in [-0.4, -0.2) is 11.9 Å². The third kappa shape index (κ3) is 2.45. The van der Waals surface area contributed by atoms with Crippen LogP contribution in [0.3, 0.4) is 0 Å². The van der Waals surface area contributed by atoms with E-state index in [-0.39, 0.29) is 0 Å². The van der Waals surface area contributed by atoms with E-state index in [1.54, 1.807) is 0 Å². The summed E-state index contributed by atoms with van der Waals surface area (Å²) in [5, 5.41) is 0. The molecule has 1 aromatic rings. The van der Waals surface area contributed by atoms with Crippen LogP contribution in [-0.2, 0) is 0 Å². The first-order valence-electron chi connectivity index (χ1n) is 4.25. The van der Waals surface area contributed by atoms with Crippen LogP contribution in [0.2, 0.25) is 0 Å². The van der Waals surface area contributed by atoms with Crippen molar-refractivity contribution >= 4 is 7.05 Å². The summed E-state index contributed by atoms with van der Waals surface area (Å²) in [6, 6.07) is 4.15. The van der Waals surface area contributed by atoms with Crippen LogP contribution >= 0.6 is 0 Å². The maximum atomic E-state index is 4.30. The Morgan fingerprint density at radius 3 is 3.00 bits per heavy atom. The predicted molar refractivity (Wildman–Crippen MR) is 48.9 cm³/mol. The molecule has 0 spiro atoms. The summed E-state index contributed by atoms with van der Waals surface area (Å²) in [6.07, 6.45) is 2.47. The molecule has 0 aromatic carbocycles. The van der Waals surface area contributed by atoms with Crippen molar-refractivity contribution in [3.8, 4) is 0 Å². The molecule has 0 N–H and O–H groups in total. The first kappa shape index (κ1) is 8.44. The van der Waals surface area contributed by atoms with E-state index in [9.17, 15) is 0 Å². The third-order valence-electron chi connectivity index (χ3n) is 1.91. The molecule has 0 radical (unpaired) electrons. The van der Waals surface area contributed by atoms with E-state index < -0.39 is 0 Å². The molecule has 1 unspecified atom stereocenters. The second kappa shape index (κ2) is 4.27. The molecule has 1 nitrogen and oxygen atoms in total. The van der Waals surface area contributed by atoms with Crippen LogP contribution in [0.25, 0.3) is 0 Å². The second-order valence-electron chi connectivity index (χ2n) is 2.94. The summed E-state index contributed by atoms with van der Waals surface area (Å²) in [4.78, 5) is 4.30. The molecular weight excluding hydrogens is 133 g/mol. The van der Waals surface area contributed by atoms with Gasteiger partial charge in [-0.1, -0.05) is 0 Å². The molecule has 0 aliphatic rings. The van der Waals surface area contributed by atoms with Gasteiger partial charge in [0.1, 0.15) is 0 Å². The van der Waals surface area contributed by atoms with Gasteiger partial charge in [0.25, 0.3) is 0 Å². The fourth-order valence-corrected chi connectivity index (χ4v) is 1.25. The number of hydrogen-bond donors (Lipinski definition) is 0. The van der Waals surface area contributed by atoms with Crippen LogP contribution in [0.15, 0.2) is 18.1 Å². The molecule has 0 amide bonds. The monoisotopic (exact) mass is 147 g/mol. The third-order valence-corrected chi connectivity index (χ3v) is 1.91. The summed E-state index contributed by atoms with van der Waals surface area (Å²) in [7, 11) is 1.86. The van der Waals surface area contributed by atoms with Gasteiger partial charge in [0.2, 0.25) is 0 Å². The van der Waals surface area contributed by atoms with Crippen molar-refractivity contribution in [3.63, 3.8) is 0 Å². The van der Waals surface area contributed by atoms with E-state index in [2.05, 4.69) is 30.9 Å². The summed E-state index contributed by atoms with van der Waals surface area (Å²) in [5.74, 6) is 2.57.